The second-order valence-corrected chi connectivity index (χ2v) is 3.95. The molecule has 2 unspecified atom stereocenters. The Kier molecular flexibility index (Phi) is 1.57. The lowest BCUT2D eigenvalue weighted by molar-refractivity contribution is -0.119. The predicted molar refractivity (Wildman–Crippen MR) is 44.4 cm³/mol. The minimum absolute atomic E-state index is 0.295. The summed E-state index contributed by atoms with van der Waals surface area (Å²) >= 11 is 6.01. The molecule has 2 aliphatic carbocycles. The fourth-order valence-electron chi connectivity index (χ4n) is 2.18. The third-order valence-electron chi connectivity index (χ3n) is 2.89. The normalized spacial score (nSPS) is 36.7. The molecule has 0 aromatic carbocycles. The van der Waals surface area contributed by atoms with Crippen LogP contribution in [0.5, 0.6) is 0 Å². The van der Waals surface area contributed by atoms with Crippen molar-refractivity contribution in [1.29, 1.82) is 0 Å². The maximum absolute atomic E-state index is 11.5. The molecule has 0 amide bonds. The van der Waals surface area contributed by atoms with Crippen LogP contribution in [0.15, 0.2) is 10.6 Å². The van der Waals surface area contributed by atoms with E-state index in [1.165, 1.54) is 0 Å². The molecular weight excluding hydrogens is 160 g/mol. The summed E-state index contributed by atoms with van der Waals surface area (Å²) in [6.45, 7) is 1.86. The maximum Gasteiger partial charge on any atom is 0.162 e. The van der Waals surface area contributed by atoms with E-state index >= 15 is 0 Å². The summed E-state index contributed by atoms with van der Waals surface area (Å²) in [5.74, 6) is 1.12. The molecule has 2 atom stereocenters. The van der Waals surface area contributed by atoms with Gasteiger partial charge in [0.05, 0.1) is 0 Å². The standard InChI is InChI=1S/C9H11ClO/c1-5-8(10)6-2-3-7(4-6)9(5)11/h6-7H,2-4H2,1H3. The van der Waals surface area contributed by atoms with E-state index in [1.807, 2.05) is 6.92 Å². The average Bonchev–Trinajstić information content (AvgIpc) is 2.44. The number of allylic oxidation sites excluding steroid dienone is 2. The van der Waals surface area contributed by atoms with Gasteiger partial charge in [0.2, 0.25) is 0 Å². The number of ketones is 1. The van der Waals surface area contributed by atoms with E-state index < -0.39 is 0 Å². The molecule has 2 heteroatoms. The van der Waals surface area contributed by atoms with Crippen LogP contribution in [0.4, 0.5) is 0 Å². The van der Waals surface area contributed by atoms with Gasteiger partial charge < -0.3 is 0 Å². The smallest absolute Gasteiger partial charge is 0.162 e. The van der Waals surface area contributed by atoms with Crippen molar-refractivity contribution in [3.8, 4) is 0 Å². The highest BCUT2D eigenvalue weighted by Crippen LogP contribution is 2.44. The molecule has 60 valence electrons. The topological polar surface area (TPSA) is 17.1 Å². The van der Waals surface area contributed by atoms with E-state index in [4.69, 9.17) is 11.6 Å². The van der Waals surface area contributed by atoms with Crippen LogP contribution >= 0.6 is 11.6 Å². The highest BCUT2D eigenvalue weighted by Gasteiger charge is 2.37. The zero-order valence-corrected chi connectivity index (χ0v) is 7.32. The zero-order chi connectivity index (χ0) is 8.01. The van der Waals surface area contributed by atoms with Crippen molar-refractivity contribution < 1.29 is 4.79 Å². The van der Waals surface area contributed by atoms with E-state index in [0.29, 0.717) is 17.6 Å². The van der Waals surface area contributed by atoms with Gasteiger partial charge in [0.25, 0.3) is 0 Å². The van der Waals surface area contributed by atoms with Gasteiger partial charge in [-0.15, -0.1) is 0 Å². The molecule has 0 saturated heterocycles. The summed E-state index contributed by atoms with van der Waals surface area (Å²) in [6, 6.07) is 0. The molecule has 2 rings (SSSR count). The van der Waals surface area contributed by atoms with Crippen molar-refractivity contribution in [2.75, 3.05) is 0 Å². The minimum atomic E-state index is 0.295. The number of halogens is 1. The summed E-state index contributed by atoms with van der Waals surface area (Å²) in [6.07, 6.45) is 3.18. The Hall–Kier alpha value is -0.300. The lowest BCUT2D eigenvalue weighted by Gasteiger charge is -2.18. The molecule has 0 aromatic rings. The largest absolute Gasteiger partial charge is 0.294 e. The van der Waals surface area contributed by atoms with Crippen LogP contribution in [-0.4, -0.2) is 5.78 Å². The summed E-state index contributed by atoms with van der Waals surface area (Å²) in [5.41, 5.74) is 0.824. The van der Waals surface area contributed by atoms with Crippen molar-refractivity contribution in [2.24, 2.45) is 11.8 Å². The van der Waals surface area contributed by atoms with Crippen LogP contribution in [-0.2, 0) is 4.79 Å². The summed E-state index contributed by atoms with van der Waals surface area (Å²) in [5, 5.41) is 0.837. The van der Waals surface area contributed by atoms with Crippen LogP contribution in [0.1, 0.15) is 26.2 Å². The van der Waals surface area contributed by atoms with Gasteiger partial charge >= 0.3 is 0 Å². The number of hydrogen-bond donors (Lipinski definition) is 0. The molecule has 0 aromatic heterocycles. The number of Topliss-reactive ketones (excluding diaryl/α,β-unsaturated/α-hetero) is 1. The molecule has 0 aliphatic heterocycles. The maximum atomic E-state index is 11.5. The van der Waals surface area contributed by atoms with E-state index in [2.05, 4.69) is 0 Å². The third kappa shape index (κ3) is 0.943. The van der Waals surface area contributed by atoms with Crippen LogP contribution in [0.2, 0.25) is 0 Å². The Morgan fingerprint density at radius 3 is 2.73 bits per heavy atom. The number of hydrogen-bond acceptors (Lipinski definition) is 1. The fraction of sp³-hybridized carbons (Fsp3) is 0.667. The number of carbonyl (C=O) groups excluding carboxylic acids is 1. The van der Waals surface area contributed by atoms with Gasteiger partial charge in [0.15, 0.2) is 5.78 Å². The van der Waals surface area contributed by atoms with Gasteiger partial charge in [-0.1, -0.05) is 11.6 Å². The Morgan fingerprint density at radius 2 is 2.00 bits per heavy atom. The predicted octanol–water partition coefficient (Wildman–Crippen LogP) is 2.50. The molecule has 1 nitrogen and oxygen atoms in total. The number of rotatable bonds is 0. The Balaban J connectivity index is 2.42. The molecule has 0 N–H and O–H groups in total. The molecular formula is C9H11ClO. The molecule has 1 fully saturated rings. The summed E-state index contributed by atoms with van der Waals surface area (Å²) in [4.78, 5) is 11.5. The monoisotopic (exact) mass is 170 g/mol. The molecule has 11 heavy (non-hydrogen) atoms. The Morgan fingerprint density at radius 1 is 1.36 bits per heavy atom. The Bertz CT molecular complexity index is 242. The van der Waals surface area contributed by atoms with Crippen molar-refractivity contribution in [2.45, 2.75) is 26.2 Å². The first-order valence-electron chi connectivity index (χ1n) is 4.10. The second kappa shape index (κ2) is 2.34. The van der Waals surface area contributed by atoms with Crippen LogP contribution in [0, 0.1) is 11.8 Å². The van der Waals surface area contributed by atoms with E-state index in [-0.39, 0.29) is 0 Å². The number of fused-ring (bicyclic) bond motifs is 2. The average molecular weight is 171 g/mol. The lowest BCUT2D eigenvalue weighted by Crippen LogP contribution is -2.18. The molecule has 1 saturated carbocycles. The van der Waals surface area contributed by atoms with Gasteiger partial charge in [-0.3, -0.25) is 4.79 Å². The van der Waals surface area contributed by atoms with Gasteiger partial charge in [0, 0.05) is 16.5 Å². The van der Waals surface area contributed by atoms with Crippen molar-refractivity contribution in [1.82, 2.24) is 0 Å². The first-order chi connectivity index (χ1) is 5.20. The van der Waals surface area contributed by atoms with Crippen LogP contribution in [0.3, 0.4) is 0 Å². The molecule has 2 aliphatic rings. The highest BCUT2D eigenvalue weighted by atomic mass is 35.5. The molecule has 0 radical (unpaired) electrons. The fourth-order valence-corrected chi connectivity index (χ4v) is 2.47. The van der Waals surface area contributed by atoms with Crippen molar-refractivity contribution in [3.63, 3.8) is 0 Å². The first kappa shape index (κ1) is 7.35. The highest BCUT2D eigenvalue weighted by molar-refractivity contribution is 6.32. The molecule has 0 heterocycles. The van der Waals surface area contributed by atoms with Gasteiger partial charge in [-0.25, -0.2) is 0 Å². The minimum Gasteiger partial charge on any atom is -0.294 e. The van der Waals surface area contributed by atoms with Gasteiger partial charge in [-0.05, 0) is 32.1 Å². The number of carbonyl (C=O) groups is 1. The SMILES string of the molecule is CC1=C(Cl)C2CCC(C2)C1=O. The van der Waals surface area contributed by atoms with Gasteiger partial charge in [0.1, 0.15) is 0 Å². The van der Waals surface area contributed by atoms with Crippen LogP contribution < -0.4 is 0 Å². The van der Waals surface area contributed by atoms with Crippen LogP contribution in [0.25, 0.3) is 0 Å². The van der Waals surface area contributed by atoms with Crippen molar-refractivity contribution in [3.05, 3.63) is 10.6 Å². The van der Waals surface area contributed by atoms with Crippen molar-refractivity contribution >= 4 is 17.4 Å². The van der Waals surface area contributed by atoms with E-state index in [0.717, 1.165) is 29.9 Å². The first-order valence-corrected chi connectivity index (χ1v) is 4.48. The lowest BCUT2D eigenvalue weighted by atomic mass is 9.89. The summed E-state index contributed by atoms with van der Waals surface area (Å²) < 4.78 is 0. The second-order valence-electron chi connectivity index (χ2n) is 3.54. The van der Waals surface area contributed by atoms with E-state index in [1.54, 1.807) is 0 Å². The zero-order valence-electron chi connectivity index (χ0n) is 6.56. The molecule has 0 spiro atoms. The van der Waals surface area contributed by atoms with Gasteiger partial charge in [-0.2, -0.15) is 0 Å². The molecule has 2 bridgehead atoms. The Labute approximate surface area is 71.4 Å². The van der Waals surface area contributed by atoms with E-state index in [9.17, 15) is 4.79 Å². The quantitative estimate of drug-likeness (QED) is 0.546. The summed E-state index contributed by atoms with van der Waals surface area (Å²) in [7, 11) is 0. The third-order valence-corrected chi connectivity index (χ3v) is 3.48.